The predicted octanol–water partition coefficient (Wildman–Crippen LogP) is 2.82. The third kappa shape index (κ3) is 4.30. The summed E-state index contributed by atoms with van der Waals surface area (Å²) in [6, 6.07) is 5.19. The zero-order valence-corrected chi connectivity index (χ0v) is 12.0. The molecule has 0 saturated carbocycles. The van der Waals surface area contributed by atoms with Crippen LogP contribution in [0.4, 0.5) is 8.78 Å². The molecule has 1 aromatic carbocycles. The van der Waals surface area contributed by atoms with Crippen LogP contribution < -0.4 is 0 Å². The molecule has 1 aliphatic rings. The van der Waals surface area contributed by atoms with Gasteiger partial charge in [-0.25, -0.2) is 8.78 Å². The van der Waals surface area contributed by atoms with Crippen molar-refractivity contribution in [3.05, 3.63) is 28.8 Å². The number of alkyl halides is 2. The number of phenolic OH excluding ortho intramolecular Hbond substituents is 1. The third-order valence-electron chi connectivity index (χ3n) is 3.53. The first kappa shape index (κ1) is 15.5. The standard InChI is InChI=1S/C14H19ClF2N2O/c15-14-11(3-1-4-12(14)20)9-18-5-2-6-19(8-7-18)10-13(16)17/h1,3-4,13,20H,2,5-10H2. The second-order valence-electron chi connectivity index (χ2n) is 5.07. The number of aromatic hydroxyl groups is 1. The summed E-state index contributed by atoms with van der Waals surface area (Å²) < 4.78 is 24.8. The van der Waals surface area contributed by atoms with Crippen molar-refractivity contribution in [3.63, 3.8) is 0 Å². The fourth-order valence-corrected chi connectivity index (χ4v) is 2.68. The van der Waals surface area contributed by atoms with Gasteiger partial charge in [0.05, 0.1) is 11.6 Å². The molecule has 0 spiro atoms. The normalized spacial score (nSPS) is 18.4. The Morgan fingerprint density at radius 3 is 2.60 bits per heavy atom. The smallest absolute Gasteiger partial charge is 0.251 e. The Balaban J connectivity index is 1.92. The molecular formula is C14H19ClF2N2O. The van der Waals surface area contributed by atoms with Crippen molar-refractivity contribution in [1.82, 2.24) is 9.80 Å². The second-order valence-corrected chi connectivity index (χ2v) is 5.45. The molecule has 1 fully saturated rings. The highest BCUT2D eigenvalue weighted by atomic mass is 35.5. The van der Waals surface area contributed by atoms with Crippen molar-refractivity contribution >= 4 is 11.6 Å². The zero-order chi connectivity index (χ0) is 14.5. The number of hydrogen-bond acceptors (Lipinski definition) is 3. The minimum atomic E-state index is -2.28. The Kier molecular flexibility index (Phi) is 5.57. The molecule has 20 heavy (non-hydrogen) atoms. The first-order valence-corrected chi connectivity index (χ1v) is 7.13. The molecule has 0 atom stereocenters. The molecule has 2 rings (SSSR count). The number of halogens is 3. The summed E-state index contributed by atoms with van der Waals surface area (Å²) >= 11 is 6.06. The van der Waals surface area contributed by atoms with Crippen LogP contribution in [0.25, 0.3) is 0 Å². The van der Waals surface area contributed by atoms with Crippen LogP contribution in [-0.2, 0) is 6.54 Å². The van der Waals surface area contributed by atoms with Gasteiger partial charge in [0, 0.05) is 19.6 Å². The highest BCUT2D eigenvalue weighted by Crippen LogP contribution is 2.27. The van der Waals surface area contributed by atoms with Crippen LogP contribution in [0.1, 0.15) is 12.0 Å². The van der Waals surface area contributed by atoms with Gasteiger partial charge in [-0.3, -0.25) is 9.80 Å². The summed E-state index contributed by atoms with van der Waals surface area (Å²) in [6.07, 6.45) is -1.41. The van der Waals surface area contributed by atoms with E-state index in [-0.39, 0.29) is 12.3 Å². The Bertz CT molecular complexity index is 445. The van der Waals surface area contributed by atoms with Gasteiger partial charge in [0.2, 0.25) is 0 Å². The zero-order valence-electron chi connectivity index (χ0n) is 11.2. The maximum absolute atomic E-state index is 12.4. The van der Waals surface area contributed by atoms with E-state index in [1.807, 2.05) is 6.07 Å². The summed E-state index contributed by atoms with van der Waals surface area (Å²) in [7, 11) is 0. The van der Waals surface area contributed by atoms with Crippen LogP contribution >= 0.6 is 11.6 Å². The van der Waals surface area contributed by atoms with E-state index in [0.717, 1.165) is 25.1 Å². The van der Waals surface area contributed by atoms with Crippen LogP contribution in [0.2, 0.25) is 5.02 Å². The number of rotatable bonds is 4. The summed E-state index contributed by atoms with van der Waals surface area (Å²) in [4.78, 5) is 3.99. The molecular weight excluding hydrogens is 286 g/mol. The predicted molar refractivity (Wildman–Crippen MR) is 75.5 cm³/mol. The van der Waals surface area contributed by atoms with Crippen molar-refractivity contribution in [2.45, 2.75) is 19.4 Å². The molecule has 0 aliphatic carbocycles. The van der Waals surface area contributed by atoms with E-state index in [1.54, 1.807) is 17.0 Å². The highest BCUT2D eigenvalue weighted by molar-refractivity contribution is 6.32. The molecule has 1 aromatic rings. The van der Waals surface area contributed by atoms with E-state index in [0.29, 0.717) is 24.7 Å². The average molecular weight is 305 g/mol. The minimum absolute atomic E-state index is 0.0818. The minimum Gasteiger partial charge on any atom is -0.506 e. The maximum atomic E-state index is 12.4. The lowest BCUT2D eigenvalue weighted by atomic mass is 10.2. The Morgan fingerprint density at radius 2 is 1.85 bits per heavy atom. The van der Waals surface area contributed by atoms with Gasteiger partial charge < -0.3 is 5.11 Å². The number of phenols is 1. The number of hydrogen-bond donors (Lipinski definition) is 1. The molecule has 0 amide bonds. The molecule has 0 radical (unpaired) electrons. The largest absolute Gasteiger partial charge is 0.506 e. The van der Waals surface area contributed by atoms with Gasteiger partial charge in [0.15, 0.2) is 0 Å². The molecule has 3 nitrogen and oxygen atoms in total. The first-order chi connectivity index (χ1) is 9.56. The lowest BCUT2D eigenvalue weighted by Gasteiger charge is -2.22. The topological polar surface area (TPSA) is 26.7 Å². The average Bonchev–Trinajstić information content (AvgIpc) is 2.60. The first-order valence-electron chi connectivity index (χ1n) is 6.75. The van der Waals surface area contributed by atoms with E-state index >= 15 is 0 Å². The van der Waals surface area contributed by atoms with Gasteiger partial charge in [0.1, 0.15) is 5.75 Å². The molecule has 0 bridgehead atoms. The van der Waals surface area contributed by atoms with Crippen LogP contribution in [0.5, 0.6) is 5.75 Å². The summed E-state index contributed by atoms with van der Waals surface area (Å²) in [5.74, 6) is 0.0818. The molecule has 112 valence electrons. The molecule has 1 aliphatic heterocycles. The van der Waals surface area contributed by atoms with Crippen molar-refractivity contribution < 1.29 is 13.9 Å². The van der Waals surface area contributed by atoms with E-state index < -0.39 is 6.43 Å². The molecule has 6 heteroatoms. The quantitative estimate of drug-likeness (QED) is 0.926. The van der Waals surface area contributed by atoms with E-state index in [1.165, 1.54) is 0 Å². The summed E-state index contributed by atoms with van der Waals surface area (Å²) in [6.45, 7) is 3.41. The molecule has 1 N–H and O–H groups in total. The van der Waals surface area contributed by atoms with Gasteiger partial charge in [-0.2, -0.15) is 0 Å². The van der Waals surface area contributed by atoms with Crippen LogP contribution in [0.15, 0.2) is 18.2 Å². The maximum Gasteiger partial charge on any atom is 0.251 e. The Hall–Kier alpha value is -0.910. The third-order valence-corrected chi connectivity index (χ3v) is 3.97. The monoisotopic (exact) mass is 304 g/mol. The van der Waals surface area contributed by atoms with Gasteiger partial charge in [-0.1, -0.05) is 23.7 Å². The summed E-state index contributed by atoms with van der Waals surface area (Å²) in [5.41, 5.74) is 0.869. The fraction of sp³-hybridized carbons (Fsp3) is 0.571. The van der Waals surface area contributed by atoms with E-state index in [2.05, 4.69) is 4.90 Å². The van der Waals surface area contributed by atoms with Gasteiger partial charge >= 0.3 is 0 Å². The fourth-order valence-electron chi connectivity index (χ4n) is 2.49. The highest BCUT2D eigenvalue weighted by Gasteiger charge is 2.18. The van der Waals surface area contributed by atoms with Crippen LogP contribution in [0.3, 0.4) is 0 Å². The van der Waals surface area contributed by atoms with Crippen molar-refractivity contribution in [1.29, 1.82) is 0 Å². The molecule has 1 heterocycles. The number of benzene rings is 1. The Labute approximate surface area is 122 Å². The number of nitrogens with zero attached hydrogens (tertiary/aromatic N) is 2. The molecule has 0 unspecified atom stereocenters. The molecule has 0 aromatic heterocycles. The van der Waals surface area contributed by atoms with Gasteiger partial charge in [-0.15, -0.1) is 0 Å². The second kappa shape index (κ2) is 7.20. The molecule has 1 saturated heterocycles. The lowest BCUT2D eigenvalue weighted by molar-refractivity contribution is 0.0897. The van der Waals surface area contributed by atoms with Crippen molar-refractivity contribution in [2.75, 3.05) is 32.7 Å². The van der Waals surface area contributed by atoms with Crippen molar-refractivity contribution in [3.8, 4) is 5.75 Å². The van der Waals surface area contributed by atoms with Crippen molar-refractivity contribution in [2.24, 2.45) is 0 Å². The van der Waals surface area contributed by atoms with Gasteiger partial charge in [-0.05, 0) is 31.1 Å². The van der Waals surface area contributed by atoms with Gasteiger partial charge in [0.25, 0.3) is 6.43 Å². The Morgan fingerprint density at radius 1 is 1.15 bits per heavy atom. The SMILES string of the molecule is Oc1cccc(CN2CCCN(CC(F)F)CC2)c1Cl. The summed E-state index contributed by atoms with van der Waals surface area (Å²) in [5, 5.41) is 9.96. The lowest BCUT2D eigenvalue weighted by Crippen LogP contribution is -2.33. The van der Waals surface area contributed by atoms with Crippen LogP contribution in [-0.4, -0.2) is 54.1 Å². The van der Waals surface area contributed by atoms with E-state index in [4.69, 9.17) is 11.6 Å². The van der Waals surface area contributed by atoms with E-state index in [9.17, 15) is 13.9 Å². The van der Waals surface area contributed by atoms with Crippen LogP contribution in [0, 0.1) is 0 Å².